The van der Waals surface area contributed by atoms with E-state index in [2.05, 4.69) is 0 Å². The predicted molar refractivity (Wildman–Crippen MR) is 44.3 cm³/mol. The lowest BCUT2D eigenvalue weighted by Gasteiger charge is -2.28. The predicted octanol–water partition coefficient (Wildman–Crippen LogP) is 1.22. The monoisotopic (exact) mass is 159 g/mol. The summed E-state index contributed by atoms with van der Waals surface area (Å²) in [4.78, 5) is 10.2. The number of carboxylic acids is 1. The van der Waals surface area contributed by atoms with E-state index in [4.69, 9.17) is 10.8 Å². The molecule has 0 aromatic carbocycles. The smallest absolute Gasteiger partial charge is 0.303 e. The maximum absolute atomic E-state index is 10.2. The molecule has 11 heavy (non-hydrogen) atoms. The molecule has 0 aromatic heterocycles. The maximum atomic E-state index is 10.2. The molecule has 66 valence electrons. The first kappa shape index (κ1) is 10.4. The molecule has 0 aliphatic rings. The van der Waals surface area contributed by atoms with Crippen molar-refractivity contribution in [2.75, 3.05) is 0 Å². The van der Waals surface area contributed by atoms with Crippen molar-refractivity contribution in [3.63, 3.8) is 0 Å². The third-order valence-electron chi connectivity index (χ3n) is 2.22. The SMILES string of the molecule is CC(N)C(C)(C)CCC(=O)O. The van der Waals surface area contributed by atoms with E-state index >= 15 is 0 Å². The summed E-state index contributed by atoms with van der Waals surface area (Å²) in [5.41, 5.74) is 5.59. The summed E-state index contributed by atoms with van der Waals surface area (Å²) in [5, 5.41) is 8.42. The first-order chi connectivity index (χ1) is 4.86. The lowest BCUT2D eigenvalue weighted by atomic mass is 9.81. The Balaban J connectivity index is 3.82. The van der Waals surface area contributed by atoms with Crippen LogP contribution >= 0.6 is 0 Å². The Hall–Kier alpha value is -0.570. The van der Waals surface area contributed by atoms with Crippen LogP contribution in [0.3, 0.4) is 0 Å². The Morgan fingerprint density at radius 2 is 2.09 bits per heavy atom. The third kappa shape index (κ3) is 3.98. The number of nitrogens with two attached hydrogens (primary N) is 1. The van der Waals surface area contributed by atoms with Gasteiger partial charge in [-0.1, -0.05) is 13.8 Å². The molecule has 0 spiro atoms. The summed E-state index contributed by atoms with van der Waals surface area (Å²) < 4.78 is 0. The molecule has 0 radical (unpaired) electrons. The van der Waals surface area contributed by atoms with Gasteiger partial charge in [-0.25, -0.2) is 0 Å². The largest absolute Gasteiger partial charge is 0.481 e. The Kier molecular flexibility index (Phi) is 3.52. The van der Waals surface area contributed by atoms with Crippen molar-refractivity contribution >= 4 is 5.97 Å². The molecular formula is C8H17NO2. The van der Waals surface area contributed by atoms with Gasteiger partial charge in [0.15, 0.2) is 0 Å². The van der Waals surface area contributed by atoms with E-state index < -0.39 is 5.97 Å². The molecule has 0 saturated heterocycles. The normalized spacial score (nSPS) is 14.5. The zero-order valence-corrected chi connectivity index (χ0v) is 7.42. The molecule has 0 aliphatic heterocycles. The second kappa shape index (κ2) is 3.72. The molecule has 3 heteroatoms. The van der Waals surface area contributed by atoms with Gasteiger partial charge in [-0.2, -0.15) is 0 Å². The average molecular weight is 159 g/mol. The van der Waals surface area contributed by atoms with Crippen LogP contribution in [0.15, 0.2) is 0 Å². The van der Waals surface area contributed by atoms with Crippen LogP contribution in [0.4, 0.5) is 0 Å². The zero-order chi connectivity index (χ0) is 9.07. The van der Waals surface area contributed by atoms with Crippen molar-refractivity contribution in [3.8, 4) is 0 Å². The van der Waals surface area contributed by atoms with Gasteiger partial charge in [0, 0.05) is 12.5 Å². The van der Waals surface area contributed by atoms with E-state index in [0.29, 0.717) is 6.42 Å². The van der Waals surface area contributed by atoms with E-state index in [1.165, 1.54) is 0 Å². The van der Waals surface area contributed by atoms with Crippen LogP contribution in [0, 0.1) is 5.41 Å². The fraction of sp³-hybridized carbons (Fsp3) is 0.875. The van der Waals surface area contributed by atoms with E-state index in [0.717, 1.165) is 0 Å². The van der Waals surface area contributed by atoms with Crippen LogP contribution < -0.4 is 5.73 Å². The molecule has 0 fully saturated rings. The minimum Gasteiger partial charge on any atom is -0.481 e. The van der Waals surface area contributed by atoms with E-state index in [-0.39, 0.29) is 17.9 Å². The molecule has 1 atom stereocenters. The van der Waals surface area contributed by atoms with Gasteiger partial charge in [0.05, 0.1) is 0 Å². The summed E-state index contributed by atoms with van der Waals surface area (Å²) in [6, 6.07) is 0.0434. The van der Waals surface area contributed by atoms with Crippen molar-refractivity contribution in [2.24, 2.45) is 11.1 Å². The van der Waals surface area contributed by atoms with Crippen LogP contribution in [-0.4, -0.2) is 17.1 Å². The lowest BCUT2D eigenvalue weighted by Crippen LogP contribution is -2.34. The number of carbonyl (C=O) groups is 1. The number of aliphatic carboxylic acids is 1. The van der Waals surface area contributed by atoms with Crippen molar-refractivity contribution in [3.05, 3.63) is 0 Å². The van der Waals surface area contributed by atoms with E-state index in [1.54, 1.807) is 0 Å². The van der Waals surface area contributed by atoms with Gasteiger partial charge in [-0.3, -0.25) is 4.79 Å². The summed E-state index contributed by atoms with van der Waals surface area (Å²) in [6.07, 6.45) is 0.842. The molecule has 3 nitrogen and oxygen atoms in total. The third-order valence-corrected chi connectivity index (χ3v) is 2.22. The minimum absolute atomic E-state index is 0.0434. The minimum atomic E-state index is -0.751. The number of rotatable bonds is 4. The summed E-state index contributed by atoms with van der Waals surface area (Å²) >= 11 is 0. The van der Waals surface area contributed by atoms with Gasteiger partial charge in [0.1, 0.15) is 0 Å². The Bertz CT molecular complexity index is 141. The molecule has 0 heterocycles. The fourth-order valence-electron chi connectivity index (χ4n) is 0.657. The summed E-state index contributed by atoms with van der Waals surface area (Å²) in [6.45, 7) is 5.88. The first-order valence-electron chi connectivity index (χ1n) is 3.83. The standard InChI is InChI=1S/C8H17NO2/c1-6(9)8(2,3)5-4-7(10)11/h6H,4-5,9H2,1-3H3,(H,10,11). The maximum Gasteiger partial charge on any atom is 0.303 e. The fourth-order valence-corrected chi connectivity index (χ4v) is 0.657. The molecule has 0 aromatic rings. The van der Waals surface area contributed by atoms with Crippen molar-refractivity contribution in [2.45, 2.75) is 39.7 Å². The van der Waals surface area contributed by atoms with E-state index in [9.17, 15) is 4.79 Å². The van der Waals surface area contributed by atoms with Gasteiger partial charge >= 0.3 is 5.97 Å². The molecular weight excluding hydrogens is 142 g/mol. The second-order valence-corrected chi connectivity index (χ2v) is 3.67. The highest BCUT2D eigenvalue weighted by Gasteiger charge is 2.23. The molecule has 0 saturated carbocycles. The Morgan fingerprint density at radius 3 is 2.36 bits per heavy atom. The van der Waals surface area contributed by atoms with Crippen LogP contribution in [0.25, 0.3) is 0 Å². The number of hydrogen-bond acceptors (Lipinski definition) is 2. The van der Waals surface area contributed by atoms with Gasteiger partial charge < -0.3 is 10.8 Å². The van der Waals surface area contributed by atoms with Crippen molar-refractivity contribution < 1.29 is 9.90 Å². The lowest BCUT2D eigenvalue weighted by molar-refractivity contribution is -0.137. The van der Waals surface area contributed by atoms with Gasteiger partial charge in [0.25, 0.3) is 0 Å². The van der Waals surface area contributed by atoms with Crippen LogP contribution in [0.2, 0.25) is 0 Å². The van der Waals surface area contributed by atoms with Gasteiger partial charge in [-0.05, 0) is 18.8 Å². The molecule has 0 amide bonds. The molecule has 0 rings (SSSR count). The number of carboxylic acid groups (broad SMARTS) is 1. The molecule has 0 aliphatic carbocycles. The Labute approximate surface area is 67.6 Å². The van der Waals surface area contributed by atoms with Gasteiger partial charge in [0.2, 0.25) is 0 Å². The zero-order valence-electron chi connectivity index (χ0n) is 7.42. The van der Waals surface area contributed by atoms with Crippen LogP contribution in [-0.2, 0) is 4.79 Å². The summed E-state index contributed by atoms with van der Waals surface area (Å²) in [7, 11) is 0. The van der Waals surface area contributed by atoms with Crippen LogP contribution in [0.5, 0.6) is 0 Å². The second-order valence-electron chi connectivity index (χ2n) is 3.67. The highest BCUT2D eigenvalue weighted by atomic mass is 16.4. The first-order valence-corrected chi connectivity index (χ1v) is 3.83. The van der Waals surface area contributed by atoms with Crippen molar-refractivity contribution in [1.82, 2.24) is 0 Å². The average Bonchev–Trinajstić information content (AvgIpc) is 1.84. The quantitative estimate of drug-likeness (QED) is 0.648. The van der Waals surface area contributed by atoms with Crippen LogP contribution in [0.1, 0.15) is 33.6 Å². The summed E-state index contributed by atoms with van der Waals surface area (Å²) in [5.74, 6) is -0.751. The highest BCUT2D eigenvalue weighted by Crippen LogP contribution is 2.24. The van der Waals surface area contributed by atoms with E-state index in [1.807, 2.05) is 20.8 Å². The Morgan fingerprint density at radius 1 is 1.64 bits per heavy atom. The van der Waals surface area contributed by atoms with Gasteiger partial charge in [-0.15, -0.1) is 0 Å². The highest BCUT2D eigenvalue weighted by molar-refractivity contribution is 5.66. The molecule has 1 unspecified atom stereocenters. The molecule has 0 bridgehead atoms. The topological polar surface area (TPSA) is 63.3 Å². The molecule has 3 N–H and O–H groups in total. The van der Waals surface area contributed by atoms with Crippen molar-refractivity contribution in [1.29, 1.82) is 0 Å². The number of hydrogen-bond donors (Lipinski definition) is 2.